The van der Waals surface area contributed by atoms with E-state index < -0.39 is 5.60 Å². The molecule has 0 aliphatic carbocycles. The standard InChI is InChI=1S/C35H39N7O2/c1-5-6-11-31-36-30-17-16-25(35(4)21-26-18-19-34(2,3)42(26)44-35)20-29(30)33(43)41(31)22-23-12-14-24(15-13-23)27-9-7-8-10-28(27)32-37-39-40-38-32/h7-10,12-17,20,26H,5-6,11,18-19,21-22H2,1-4H3,(H,37,38,39,40). The van der Waals surface area contributed by atoms with Crippen LogP contribution in [-0.4, -0.2) is 46.8 Å². The molecule has 0 saturated carbocycles. The van der Waals surface area contributed by atoms with Crippen LogP contribution in [-0.2, 0) is 23.4 Å². The summed E-state index contributed by atoms with van der Waals surface area (Å²) in [6, 6.07) is 22.9. The second-order valence-corrected chi connectivity index (χ2v) is 13.1. The number of nitrogens with zero attached hydrogens (tertiary/aromatic N) is 6. The van der Waals surface area contributed by atoms with Crippen LogP contribution in [0.1, 0.15) is 76.8 Å². The number of hydroxylamine groups is 2. The zero-order valence-corrected chi connectivity index (χ0v) is 25.9. The van der Waals surface area contributed by atoms with Gasteiger partial charge in [-0.05, 0) is 79.6 Å². The van der Waals surface area contributed by atoms with Gasteiger partial charge in [-0.1, -0.05) is 67.9 Å². The van der Waals surface area contributed by atoms with E-state index >= 15 is 0 Å². The number of hydrogen-bond donors (Lipinski definition) is 1. The van der Waals surface area contributed by atoms with E-state index in [1.54, 1.807) is 0 Å². The highest BCUT2D eigenvalue weighted by molar-refractivity contribution is 5.80. The van der Waals surface area contributed by atoms with E-state index in [2.05, 4.69) is 89.8 Å². The van der Waals surface area contributed by atoms with Gasteiger partial charge in [0.25, 0.3) is 5.56 Å². The summed E-state index contributed by atoms with van der Waals surface area (Å²) in [6.45, 7) is 9.27. The number of tetrazole rings is 1. The number of rotatable bonds is 8. The van der Waals surface area contributed by atoms with Crippen molar-refractivity contribution in [3.05, 3.63) is 94.0 Å². The third-order valence-corrected chi connectivity index (χ3v) is 9.46. The van der Waals surface area contributed by atoms with Gasteiger partial charge in [-0.2, -0.15) is 10.3 Å². The van der Waals surface area contributed by atoms with Gasteiger partial charge in [0.15, 0.2) is 0 Å². The fraction of sp³-hybridized carbons (Fsp3) is 0.400. The lowest BCUT2D eigenvalue weighted by Gasteiger charge is -2.33. The minimum Gasteiger partial charge on any atom is -0.292 e. The highest BCUT2D eigenvalue weighted by Gasteiger charge is 2.52. The molecule has 2 unspecified atom stereocenters. The number of H-pyrrole nitrogens is 1. The number of fused-ring (bicyclic) bond motifs is 2. The molecule has 2 fully saturated rings. The number of aromatic amines is 1. The maximum Gasteiger partial charge on any atom is 0.261 e. The molecule has 1 N–H and O–H groups in total. The first-order chi connectivity index (χ1) is 21.3. The number of aromatic nitrogens is 6. The summed E-state index contributed by atoms with van der Waals surface area (Å²) in [5, 5.41) is 17.4. The summed E-state index contributed by atoms with van der Waals surface area (Å²) in [6.07, 6.45) is 5.94. The molecule has 0 radical (unpaired) electrons. The summed E-state index contributed by atoms with van der Waals surface area (Å²) in [4.78, 5) is 25.9. The molecule has 2 aromatic heterocycles. The first kappa shape index (κ1) is 28.6. The van der Waals surface area contributed by atoms with Gasteiger partial charge in [-0.25, -0.2) is 4.98 Å². The fourth-order valence-corrected chi connectivity index (χ4v) is 6.96. The molecule has 0 bridgehead atoms. The summed E-state index contributed by atoms with van der Waals surface area (Å²) < 4.78 is 1.86. The number of benzene rings is 3. The van der Waals surface area contributed by atoms with E-state index in [4.69, 9.17) is 9.82 Å². The predicted octanol–water partition coefficient (Wildman–Crippen LogP) is 6.43. The Bertz CT molecular complexity index is 1860. The van der Waals surface area contributed by atoms with E-state index in [1.807, 2.05) is 34.9 Å². The van der Waals surface area contributed by atoms with Crippen LogP contribution in [0, 0.1) is 0 Å². The molecule has 4 heterocycles. The van der Waals surface area contributed by atoms with Crippen molar-refractivity contribution >= 4 is 10.9 Å². The van der Waals surface area contributed by atoms with E-state index in [-0.39, 0.29) is 11.1 Å². The summed E-state index contributed by atoms with van der Waals surface area (Å²) in [5.74, 6) is 1.38. The Labute approximate surface area is 257 Å². The Kier molecular flexibility index (Phi) is 7.17. The Morgan fingerprint density at radius 3 is 2.55 bits per heavy atom. The van der Waals surface area contributed by atoms with Gasteiger partial charge >= 0.3 is 0 Å². The van der Waals surface area contributed by atoms with Crippen LogP contribution < -0.4 is 5.56 Å². The van der Waals surface area contributed by atoms with E-state index in [1.165, 1.54) is 0 Å². The molecule has 226 valence electrons. The Morgan fingerprint density at radius 1 is 1.02 bits per heavy atom. The molecule has 2 aliphatic heterocycles. The van der Waals surface area contributed by atoms with Crippen molar-refractivity contribution in [2.75, 3.05) is 0 Å². The van der Waals surface area contributed by atoms with Gasteiger partial charge < -0.3 is 0 Å². The number of unbranched alkanes of at least 4 members (excludes halogenated alkanes) is 1. The third-order valence-electron chi connectivity index (χ3n) is 9.46. The van der Waals surface area contributed by atoms with Crippen LogP contribution >= 0.6 is 0 Å². The molecule has 5 aromatic rings. The van der Waals surface area contributed by atoms with Crippen LogP contribution in [0.2, 0.25) is 0 Å². The van der Waals surface area contributed by atoms with Gasteiger partial charge in [-0.3, -0.25) is 14.2 Å². The second kappa shape index (κ2) is 11.1. The van der Waals surface area contributed by atoms with Crippen molar-refractivity contribution in [3.63, 3.8) is 0 Å². The van der Waals surface area contributed by atoms with Crippen LogP contribution in [0.4, 0.5) is 0 Å². The zero-order chi connectivity index (χ0) is 30.5. The minimum atomic E-state index is -0.470. The molecule has 44 heavy (non-hydrogen) atoms. The van der Waals surface area contributed by atoms with Crippen LogP contribution in [0.15, 0.2) is 71.5 Å². The van der Waals surface area contributed by atoms with Crippen molar-refractivity contribution in [1.82, 2.24) is 35.2 Å². The normalized spacial score (nSPS) is 21.2. The molecule has 3 aromatic carbocycles. The van der Waals surface area contributed by atoms with E-state index in [0.29, 0.717) is 23.8 Å². The third kappa shape index (κ3) is 5.04. The van der Waals surface area contributed by atoms with Gasteiger partial charge in [0.05, 0.1) is 17.4 Å². The van der Waals surface area contributed by atoms with Crippen LogP contribution in [0.3, 0.4) is 0 Å². The van der Waals surface area contributed by atoms with Gasteiger partial charge in [0.1, 0.15) is 11.4 Å². The maximum atomic E-state index is 14.2. The lowest BCUT2D eigenvalue weighted by molar-refractivity contribution is -0.234. The molecule has 2 saturated heterocycles. The highest BCUT2D eigenvalue weighted by Crippen LogP contribution is 2.49. The van der Waals surface area contributed by atoms with Crippen LogP contribution in [0.25, 0.3) is 33.4 Å². The van der Waals surface area contributed by atoms with Gasteiger partial charge in [-0.15, -0.1) is 10.2 Å². The Balaban J connectivity index is 1.22. The molecule has 0 amide bonds. The lowest BCUT2D eigenvalue weighted by atomic mass is 9.88. The maximum absolute atomic E-state index is 14.2. The predicted molar refractivity (Wildman–Crippen MR) is 171 cm³/mol. The van der Waals surface area contributed by atoms with Crippen molar-refractivity contribution < 1.29 is 4.84 Å². The summed E-state index contributed by atoms with van der Waals surface area (Å²) in [7, 11) is 0. The quantitative estimate of drug-likeness (QED) is 0.223. The van der Waals surface area contributed by atoms with Crippen molar-refractivity contribution in [2.24, 2.45) is 0 Å². The van der Waals surface area contributed by atoms with E-state index in [0.717, 1.165) is 77.7 Å². The van der Waals surface area contributed by atoms with Gasteiger partial charge in [0, 0.05) is 30.0 Å². The van der Waals surface area contributed by atoms with Crippen molar-refractivity contribution in [1.29, 1.82) is 0 Å². The topological polar surface area (TPSA) is 102 Å². The first-order valence-corrected chi connectivity index (χ1v) is 15.7. The molecule has 9 nitrogen and oxygen atoms in total. The Morgan fingerprint density at radius 2 is 1.82 bits per heavy atom. The van der Waals surface area contributed by atoms with Crippen molar-refractivity contribution in [3.8, 4) is 22.5 Å². The highest BCUT2D eigenvalue weighted by atomic mass is 16.7. The smallest absolute Gasteiger partial charge is 0.261 e. The number of aryl methyl sites for hydroxylation is 1. The van der Waals surface area contributed by atoms with E-state index in [9.17, 15) is 4.79 Å². The average molecular weight is 590 g/mol. The molecule has 7 rings (SSSR count). The van der Waals surface area contributed by atoms with Crippen LogP contribution in [0.5, 0.6) is 0 Å². The first-order valence-electron chi connectivity index (χ1n) is 15.7. The molecule has 0 spiro atoms. The van der Waals surface area contributed by atoms with Crippen molar-refractivity contribution in [2.45, 2.75) is 89.9 Å². The largest absolute Gasteiger partial charge is 0.292 e. The molecule has 2 atom stereocenters. The fourth-order valence-electron chi connectivity index (χ4n) is 6.96. The van der Waals surface area contributed by atoms with Gasteiger partial charge in [0.2, 0.25) is 5.82 Å². The number of hydrogen-bond acceptors (Lipinski definition) is 7. The SMILES string of the molecule is CCCCc1nc2ccc(C3(C)CC4CCC(C)(C)N4O3)cc2c(=O)n1Cc1ccc(-c2ccccc2-c2nn[nH]n2)cc1. The summed E-state index contributed by atoms with van der Waals surface area (Å²) >= 11 is 0. The Hall–Kier alpha value is -4.21. The molecular weight excluding hydrogens is 550 g/mol. The minimum absolute atomic E-state index is 0.00286. The molecule has 9 heteroatoms. The number of nitrogens with one attached hydrogen (secondary N) is 1. The second-order valence-electron chi connectivity index (χ2n) is 13.1. The molecular formula is C35H39N7O2. The lowest BCUT2D eigenvalue weighted by Crippen LogP contribution is -2.39. The average Bonchev–Trinajstić information content (AvgIpc) is 3.76. The monoisotopic (exact) mass is 589 g/mol. The molecule has 2 aliphatic rings. The summed E-state index contributed by atoms with van der Waals surface area (Å²) in [5.41, 5.74) is 5.34. The zero-order valence-electron chi connectivity index (χ0n) is 25.9.